The zero-order valence-corrected chi connectivity index (χ0v) is 13.5. The molecule has 1 atom stereocenters. The minimum absolute atomic E-state index is 0.0721. The molecule has 1 aliphatic heterocycles. The molecule has 124 valence electrons. The minimum Gasteiger partial charge on any atom is -0.349 e. The smallest absolute Gasteiger partial charge is 0.251 e. The maximum Gasteiger partial charge on any atom is 0.251 e. The Bertz CT molecular complexity index is 566. The number of benzene rings is 1. The molecule has 23 heavy (non-hydrogen) atoms. The second-order valence-electron chi connectivity index (χ2n) is 5.86. The van der Waals surface area contributed by atoms with Crippen LogP contribution in [0.4, 0.5) is 0 Å². The van der Waals surface area contributed by atoms with Crippen molar-refractivity contribution in [3.63, 3.8) is 0 Å². The maximum absolute atomic E-state index is 12.2. The topological polar surface area (TPSA) is 78.5 Å². The van der Waals surface area contributed by atoms with Crippen LogP contribution in [-0.4, -0.2) is 47.8 Å². The van der Waals surface area contributed by atoms with Gasteiger partial charge in [-0.15, -0.1) is 0 Å². The van der Waals surface area contributed by atoms with Crippen molar-refractivity contribution in [1.29, 1.82) is 0 Å². The molecule has 0 spiro atoms. The number of hydrogen-bond acceptors (Lipinski definition) is 3. The summed E-state index contributed by atoms with van der Waals surface area (Å²) < 4.78 is 0. The van der Waals surface area contributed by atoms with Gasteiger partial charge >= 0.3 is 0 Å². The molecule has 0 aromatic heterocycles. The summed E-state index contributed by atoms with van der Waals surface area (Å²) in [7, 11) is 0. The number of likely N-dealkylation sites (tertiary alicyclic amines) is 1. The number of piperidine rings is 1. The third-order valence-electron chi connectivity index (χ3n) is 3.97. The number of nitrogens with one attached hydrogen (secondary N) is 2. The number of carbonyl (C=O) groups excluding carboxylic acids is 3. The van der Waals surface area contributed by atoms with E-state index < -0.39 is 6.04 Å². The van der Waals surface area contributed by atoms with Gasteiger partial charge in [0.2, 0.25) is 11.8 Å². The van der Waals surface area contributed by atoms with Crippen molar-refractivity contribution in [2.45, 2.75) is 38.8 Å². The van der Waals surface area contributed by atoms with E-state index in [-0.39, 0.29) is 23.8 Å². The molecule has 6 nitrogen and oxygen atoms in total. The molecule has 3 amide bonds. The van der Waals surface area contributed by atoms with Crippen LogP contribution in [0.5, 0.6) is 0 Å². The lowest BCUT2D eigenvalue weighted by Gasteiger charge is -2.34. The number of rotatable bonds is 4. The van der Waals surface area contributed by atoms with Crippen LogP contribution in [0.15, 0.2) is 30.3 Å². The second-order valence-corrected chi connectivity index (χ2v) is 5.86. The number of carbonyl (C=O) groups is 3. The van der Waals surface area contributed by atoms with Crippen molar-refractivity contribution in [2.75, 3.05) is 13.1 Å². The van der Waals surface area contributed by atoms with E-state index in [0.717, 1.165) is 12.8 Å². The lowest BCUT2D eigenvalue weighted by Crippen LogP contribution is -2.51. The van der Waals surface area contributed by atoms with Gasteiger partial charge in [-0.3, -0.25) is 14.4 Å². The van der Waals surface area contributed by atoms with E-state index in [1.165, 1.54) is 6.92 Å². The van der Waals surface area contributed by atoms with Crippen molar-refractivity contribution in [3.05, 3.63) is 35.9 Å². The Balaban J connectivity index is 1.81. The summed E-state index contributed by atoms with van der Waals surface area (Å²) in [5.41, 5.74) is 0.644. The Labute approximate surface area is 136 Å². The van der Waals surface area contributed by atoms with Gasteiger partial charge in [-0.2, -0.15) is 0 Å². The predicted octanol–water partition coefficient (Wildman–Crippen LogP) is 0.932. The fourth-order valence-electron chi connectivity index (χ4n) is 2.74. The van der Waals surface area contributed by atoms with Crippen molar-refractivity contribution >= 4 is 17.7 Å². The van der Waals surface area contributed by atoms with Gasteiger partial charge in [0.15, 0.2) is 0 Å². The highest BCUT2D eigenvalue weighted by Crippen LogP contribution is 2.12. The molecule has 0 aliphatic carbocycles. The van der Waals surface area contributed by atoms with Crippen LogP contribution in [0.1, 0.15) is 37.0 Å². The fourth-order valence-corrected chi connectivity index (χ4v) is 2.74. The molecule has 6 heteroatoms. The SMILES string of the molecule is CC(=O)NC(C)C(=O)N1CCC(NC(=O)c2ccccc2)CC1. The van der Waals surface area contributed by atoms with Crippen LogP contribution in [0, 0.1) is 0 Å². The highest BCUT2D eigenvalue weighted by atomic mass is 16.2. The van der Waals surface area contributed by atoms with Crippen LogP contribution >= 0.6 is 0 Å². The van der Waals surface area contributed by atoms with Crippen LogP contribution in [0.25, 0.3) is 0 Å². The second kappa shape index (κ2) is 7.76. The van der Waals surface area contributed by atoms with Gasteiger partial charge in [-0.05, 0) is 31.9 Å². The van der Waals surface area contributed by atoms with E-state index in [2.05, 4.69) is 10.6 Å². The van der Waals surface area contributed by atoms with Crippen molar-refractivity contribution in [1.82, 2.24) is 15.5 Å². The van der Waals surface area contributed by atoms with Gasteiger partial charge in [0, 0.05) is 31.6 Å². The first-order chi connectivity index (χ1) is 11.0. The van der Waals surface area contributed by atoms with E-state index >= 15 is 0 Å². The van der Waals surface area contributed by atoms with Gasteiger partial charge in [0.25, 0.3) is 5.91 Å². The molecule has 1 heterocycles. The van der Waals surface area contributed by atoms with E-state index in [9.17, 15) is 14.4 Å². The van der Waals surface area contributed by atoms with Gasteiger partial charge in [-0.25, -0.2) is 0 Å². The Morgan fingerprint density at radius 2 is 1.74 bits per heavy atom. The summed E-state index contributed by atoms with van der Waals surface area (Å²) in [6.45, 7) is 4.26. The lowest BCUT2D eigenvalue weighted by atomic mass is 10.0. The van der Waals surface area contributed by atoms with Gasteiger partial charge in [0.05, 0.1) is 0 Å². The zero-order valence-electron chi connectivity index (χ0n) is 13.5. The first-order valence-corrected chi connectivity index (χ1v) is 7.89. The van der Waals surface area contributed by atoms with E-state index in [1.807, 2.05) is 18.2 Å². The van der Waals surface area contributed by atoms with Crippen molar-refractivity contribution < 1.29 is 14.4 Å². The van der Waals surface area contributed by atoms with Crippen LogP contribution in [-0.2, 0) is 9.59 Å². The Morgan fingerprint density at radius 1 is 1.13 bits per heavy atom. The quantitative estimate of drug-likeness (QED) is 0.867. The largest absolute Gasteiger partial charge is 0.349 e. The molecule has 1 unspecified atom stereocenters. The molecule has 1 saturated heterocycles. The number of hydrogen-bond donors (Lipinski definition) is 2. The molecule has 1 fully saturated rings. The number of amides is 3. The molecule has 0 saturated carbocycles. The van der Waals surface area contributed by atoms with E-state index in [0.29, 0.717) is 18.7 Å². The minimum atomic E-state index is -0.511. The Hall–Kier alpha value is -2.37. The summed E-state index contributed by atoms with van der Waals surface area (Å²) in [5.74, 6) is -0.370. The van der Waals surface area contributed by atoms with E-state index in [1.54, 1.807) is 24.0 Å². The summed E-state index contributed by atoms with van der Waals surface area (Å²) in [5, 5.41) is 5.61. The highest BCUT2D eigenvalue weighted by molar-refractivity contribution is 5.94. The van der Waals surface area contributed by atoms with Crippen molar-refractivity contribution in [2.24, 2.45) is 0 Å². The molecule has 1 aliphatic rings. The lowest BCUT2D eigenvalue weighted by molar-refractivity contribution is -0.136. The molecule has 2 rings (SSSR count). The molecule has 0 radical (unpaired) electrons. The standard InChI is InChI=1S/C17H23N3O3/c1-12(18-13(2)21)17(23)20-10-8-15(9-11-20)19-16(22)14-6-4-3-5-7-14/h3-7,12,15H,8-11H2,1-2H3,(H,18,21)(H,19,22). The van der Waals surface area contributed by atoms with Gasteiger partial charge in [-0.1, -0.05) is 18.2 Å². The molecule has 1 aromatic rings. The van der Waals surface area contributed by atoms with Gasteiger partial charge in [0.1, 0.15) is 6.04 Å². The van der Waals surface area contributed by atoms with Crippen molar-refractivity contribution in [3.8, 4) is 0 Å². The predicted molar refractivity (Wildman–Crippen MR) is 86.8 cm³/mol. The Kier molecular flexibility index (Phi) is 5.73. The molecule has 2 N–H and O–H groups in total. The third-order valence-corrected chi connectivity index (χ3v) is 3.97. The van der Waals surface area contributed by atoms with Crippen LogP contribution < -0.4 is 10.6 Å². The summed E-state index contributed by atoms with van der Waals surface area (Å²) >= 11 is 0. The van der Waals surface area contributed by atoms with Crippen LogP contribution in [0.3, 0.4) is 0 Å². The molecular formula is C17H23N3O3. The molecule has 0 bridgehead atoms. The summed E-state index contributed by atoms with van der Waals surface area (Å²) in [4.78, 5) is 37.1. The normalized spacial score (nSPS) is 16.5. The number of nitrogens with zero attached hydrogens (tertiary/aromatic N) is 1. The monoisotopic (exact) mass is 317 g/mol. The first-order valence-electron chi connectivity index (χ1n) is 7.89. The summed E-state index contributed by atoms with van der Waals surface area (Å²) in [6.07, 6.45) is 1.44. The average Bonchev–Trinajstić information content (AvgIpc) is 2.55. The Morgan fingerprint density at radius 3 is 2.30 bits per heavy atom. The fraction of sp³-hybridized carbons (Fsp3) is 0.471. The maximum atomic E-state index is 12.2. The third kappa shape index (κ3) is 4.81. The summed E-state index contributed by atoms with van der Waals surface area (Å²) in [6, 6.07) is 8.66. The average molecular weight is 317 g/mol. The first kappa shape index (κ1) is 17.0. The van der Waals surface area contributed by atoms with Gasteiger partial charge < -0.3 is 15.5 Å². The highest BCUT2D eigenvalue weighted by Gasteiger charge is 2.27. The molecule has 1 aromatic carbocycles. The van der Waals surface area contributed by atoms with E-state index in [4.69, 9.17) is 0 Å². The molecular weight excluding hydrogens is 294 g/mol. The zero-order chi connectivity index (χ0) is 16.8. The van der Waals surface area contributed by atoms with Crippen LogP contribution in [0.2, 0.25) is 0 Å².